The first kappa shape index (κ1) is 13.1. The lowest BCUT2D eigenvalue weighted by atomic mass is 9.82. The highest BCUT2D eigenvalue weighted by atomic mass is 16.4. The van der Waals surface area contributed by atoms with Crippen LogP contribution in [0.4, 0.5) is 11.4 Å². The Kier molecular flexibility index (Phi) is 3.85. The van der Waals surface area contributed by atoms with E-state index in [9.17, 15) is 9.59 Å². The quantitative estimate of drug-likeness (QED) is 0.571. The van der Waals surface area contributed by atoms with Gasteiger partial charge < -0.3 is 16.2 Å². The van der Waals surface area contributed by atoms with E-state index < -0.39 is 17.8 Å². The Morgan fingerprint density at radius 3 is 2.42 bits per heavy atom. The van der Waals surface area contributed by atoms with E-state index in [1.165, 1.54) is 0 Å². The summed E-state index contributed by atoms with van der Waals surface area (Å²) in [5.74, 6) is -2.46. The fourth-order valence-electron chi connectivity index (χ4n) is 2.21. The molecule has 5 heteroatoms. The normalized spacial score (nSPS) is 21.9. The summed E-state index contributed by atoms with van der Waals surface area (Å²) >= 11 is 0. The summed E-state index contributed by atoms with van der Waals surface area (Å²) in [5, 5.41) is 11.8. The minimum atomic E-state index is -0.939. The third kappa shape index (κ3) is 2.93. The van der Waals surface area contributed by atoms with Crippen molar-refractivity contribution in [3.05, 3.63) is 36.4 Å². The summed E-state index contributed by atoms with van der Waals surface area (Å²) in [6.07, 6.45) is 4.48. The van der Waals surface area contributed by atoms with Crippen LogP contribution in [0.2, 0.25) is 0 Å². The third-order valence-electron chi connectivity index (χ3n) is 3.31. The van der Waals surface area contributed by atoms with Crippen molar-refractivity contribution in [2.24, 2.45) is 11.8 Å². The Labute approximate surface area is 111 Å². The highest BCUT2D eigenvalue weighted by Crippen LogP contribution is 2.28. The average Bonchev–Trinajstić information content (AvgIpc) is 2.41. The molecule has 0 radical (unpaired) electrons. The van der Waals surface area contributed by atoms with Gasteiger partial charge in [0.15, 0.2) is 0 Å². The zero-order valence-electron chi connectivity index (χ0n) is 10.4. The van der Waals surface area contributed by atoms with E-state index in [0.29, 0.717) is 24.2 Å². The van der Waals surface area contributed by atoms with Crippen molar-refractivity contribution in [3.63, 3.8) is 0 Å². The summed E-state index contributed by atoms with van der Waals surface area (Å²) in [7, 11) is 0. The second kappa shape index (κ2) is 5.56. The molecule has 1 amide bonds. The number of benzene rings is 1. The van der Waals surface area contributed by atoms with Crippen LogP contribution in [0.3, 0.4) is 0 Å². The van der Waals surface area contributed by atoms with Gasteiger partial charge in [-0.05, 0) is 25.0 Å². The number of anilines is 2. The number of carbonyl (C=O) groups excluding carboxylic acids is 1. The molecule has 0 aliphatic heterocycles. The number of hydrogen-bond acceptors (Lipinski definition) is 3. The molecule has 1 aliphatic rings. The zero-order valence-corrected chi connectivity index (χ0v) is 10.4. The number of amides is 1. The van der Waals surface area contributed by atoms with Crippen LogP contribution in [-0.4, -0.2) is 17.0 Å². The molecule has 5 nitrogen and oxygen atoms in total. The van der Waals surface area contributed by atoms with E-state index in [2.05, 4.69) is 5.32 Å². The smallest absolute Gasteiger partial charge is 0.307 e. The van der Waals surface area contributed by atoms with Gasteiger partial charge in [0.25, 0.3) is 0 Å². The molecule has 0 unspecified atom stereocenters. The highest BCUT2D eigenvalue weighted by Gasteiger charge is 2.34. The number of para-hydroxylation sites is 2. The fourth-order valence-corrected chi connectivity index (χ4v) is 2.21. The van der Waals surface area contributed by atoms with E-state index in [0.717, 1.165) is 0 Å². The molecule has 1 aromatic rings. The van der Waals surface area contributed by atoms with Crippen molar-refractivity contribution in [3.8, 4) is 0 Å². The maximum atomic E-state index is 12.2. The molecule has 0 spiro atoms. The van der Waals surface area contributed by atoms with Crippen LogP contribution in [0.25, 0.3) is 0 Å². The molecular weight excluding hydrogens is 244 g/mol. The molecule has 19 heavy (non-hydrogen) atoms. The Balaban J connectivity index is 2.13. The predicted octanol–water partition coefficient (Wildman–Crippen LogP) is 1.87. The lowest BCUT2D eigenvalue weighted by Crippen LogP contribution is -2.34. The van der Waals surface area contributed by atoms with Gasteiger partial charge in [-0.1, -0.05) is 24.3 Å². The van der Waals surface area contributed by atoms with Gasteiger partial charge in [-0.15, -0.1) is 0 Å². The molecule has 2 atom stereocenters. The predicted molar refractivity (Wildman–Crippen MR) is 72.5 cm³/mol. The molecular formula is C14H16N2O3. The number of nitrogens with two attached hydrogens (primary N) is 1. The van der Waals surface area contributed by atoms with Crippen LogP contribution in [-0.2, 0) is 9.59 Å². The van der Waals surface area contributed by atoms with Crippen LogP contribution in [0.1, 0.15) is 12.8 Å². The van der Waals surface area contributed by atoms with E-state index in [4.69, 9.17) is 10.8 Å². The number of carboxylic acids is 1. The van der Waals surface area contributed by atoms with E-state index in [1.54, 1.807) is 30.3 Å². The Morgan fingerprint density at radius 1 is 1.16 bits per heavy atom. The highest BCUT2D eigenvalue weighted by molar-refractivity contribution is 5.97. The standard InChI is InChI=1S/C14H16N2O3/c15-11-7-3-4-8-12(11)16-13(17)9-5-1-2-6-10(9)14(18)19/h1-4,7-10H,5-6,15H2,(H,16,17)(H,18,19)/t9-,10+/m1/s1. The molecule has 0 heterocycles. The zero-order chi connectivity index (χ0) is 13.8. The number of nitrogen functional groups attached to an aromatic ring is 1. The van der Waals surface area contributed by atoms with Crippen molar-refractivity contribution in [1.82, 2.24) is 0 Å². The summed E-state index contributed by atoms with van der Waals surface area (Å²) < 4.78 is 0. The monoisotopic (exact) mass is 260 g/mol. The second-order valence-corrected chi connectivity index (χ2v) is 4.57. The van der Waals surface area contributed by atoms with E-state index in [1.807, 2.05) is 6.08 Å². The summed E-state index contributed by atoms with van der Waals surface area (Å²) in [5.41, 5.74) is 6.73. The minimum Gasteiger partial charge on any atom is -0.481 e. The van der Waals surface area contributed by atoms with E-state index in [-0.39, 0.29) is 5.91 Å². The molecule has 1 aliphatic carbocycles. The third-order valence-corrected chi connectivity index (χ3v) is 3.31. The minimum absolute atomic E-state index is 0.297. The van der Waals surface area contributed by atoms with Gasteiger partial charge in [-0.25, -0.2) is 0 Å². The number of hydrogen-bond donors (Lipinski definition) is 3. The molecule has 0 saturated heterocycles. The van der Waals surface area contributed by atoms with Gasteiger partial charge in [0.2, 0.25) is 5.91 Å². The van der Waals surface area contributed by atoms with Gasteiger partial charge >= 0.3 is 5.97 Å². The lowest BCUT2D eigenvalue weighted by Gasteiger charge is -2.24. The van der Waals surface area contributed by atoms with Crippen molar-refractivity contribution >= 4 is 23.3 Å². The fraction of sp³-hybridized carbons (Fsp3) is 0.286. The number of carboxylic acid groups (broad SMARTS) is 1. The SMILES string of the molecule is Nc1ccccc1NC(=O)[C@@H]1CC=CC[C@@H]1C(=O)O. The van der Waals surface area contributed by atoms with Crippen LogP contribution in [0.15, 0.2) is 36.4 Å². The van der Waals surface area contributed by atoms with Crippen LogP contribution in [0.5, 0.6) is 0 Å². The second-order valence-electron chi connectivity index (χ2n) is 4.57. The maximum absolute atomic E-state index is 12.2. The number of carbonyl (C=O) groups is 2. The summed E-state index contributed by atoms with van der Waals surface area (Å²) in [4.78, 5) is 23.3. The average molecular weight is 260 g/mol. The van der Waals surface area contributed by atoms with Crippen LogP contribution < -0.4 is 11.1 Å². The number of allylic oxidation sites excluding steroid dienone is 2. The van der Waals surface area contributed by atoms with Gasteiger partial charge in [0.05, 0.1) is 23.2 Å². The number of nitrogens with one attached hydrogen (secondary N) is 1. The summed E-state index contributed by atoms with van der Waals surface area (Å²) in [6, 6.07) is 6.92. The molecule has 0 fully saturated rings. The lowest BCUT2D eigenvalue weighted by molar-refractivity contribution is -0.146. The van der Waals surface area contributed by atoms with Crippen molar-refractivity contribution in [2.75, 3.05) is 11.1 Å². The Morgan fingerprint density at radius 2 is 1.79 bits per heavy atom. The van der Waals surface area contributed by atoms with E-state index >= 15 is 0 Å². The van der Waals surface area contributed by atoms with Gasteiger partial charge in [-0.3, -0.25) is 9.59 Å². The van der Waals surface area contributed by atoms with Gasteiger partial charge in [0, 0.05) is 0 Å². The summed E-state index contributed by atoms with van der Waals surface area (Å²) in [6.45, 7) is 0. The number of rotatable bonds is 3. The molecule has 4 N–H and O–H groups in total. The maximum Gasteiger partial charge on any atom is 0.307 e. The molecule has 0 saturated carbocycles. The molecule has 100 valence electrons. The Bertz CT molecular complexity index is 525. The van der Waals surface area contributed by atoms with Crippen molar-refractivity contribution in [1.29, 1.82) is 0 Å². The first-order chi connectivity index (χ1) is 9.09. The molecule has 1 aromatic carbocycles. The molecule has 2 rings (SSSR count). The van der Waals surface area contributed by atoms with Crippen LogP contribution >= 0.6 is 0 Å². The molecule has 0 aromatic heterocycles. The van der Waals surface area contributed by atoms with Gasteiger partial charge in [-0.2, -0.15) is 0 Å². The largest absolute Gasteiger partial charge is 0.481 e. The first-order valence-electron chi connectivity index (χ1n) is 6.12. The molecule has 0 bridgehead atoms. The topological polar surface area (TPSA) is 92.4 Å². The Hall–Kier alpha value is -2.30. The number of aliphatic carboxylic acids is 1. The first-order valence-corrected chi connectivity index (χ1v) is 6.12. The van der Waals surface area contributed by atoms with Crippen molar-refractivity contribution in [2.45, 2.75) is 12.8 Å². The van der Waals surface area contributed by atoms with Crippen molar-refractivity contribution < 1.29 is 14.7 Å². The van der Waals surface area contributed by atoms with Gasteiger partial charge in [0.1, 0.15) is 0 Å². The van der Waals surface area contributed by atoms with Crippen LogP contribution in [0, 0.1) is 11.8 Å².